The Morgan fingerprint density at radius 2 is 2.00 bits per heavy atom. The molecule has 2 radical (unpaired) electrons. The van der Waals surface area contributed by atoms with Gasteiger partial charge in [0.2, 0.25) is 0 Å². The fourth-order valence-corrected chi connectivity index (χ4v) is 1.30. The topological polar surface area (TPSA) is 29.4 Å². The Labute approximate surface area is 83.0 Å². The number of carbonyl (C=O) groups is 1. The zero-order chi connectivity index (χ0) is 9.80. The van der Waals surface area contributed by atoms with Crippen LogP contribution in [0.1, 0.15) is 5.56 Å². The zero-order valence-electron chi connectivity index (χ0n) is 7.60. The van der Waals surface area contributed by atoms with Crippen LogP contribution in [-0.2, 0) is 11.2 Å². The van der Waals surface area contributed by atoms with E-state index in [9.17, 15) is 4.79 Å². The second-order valence-corrected chi connectivity index (χ2v) is 3.06. The third-order valence-corrected chi connectivity index (χ3v) is 2.02. The standard InChI is InChI=1S/C12H9NO/c14-12-6-7-13-9-11(12)8-10-4-2-1-3-5-10/h1-7H,8H2. The van der Waals surface area contributed by atoms with Gasteiger partial charge in [0, 0.05) is 18.2 Å². The fourth-order valence-electron chi connectivity index (χ4n) is 1.30. The number of ketones is 1. The lowest BCUT2D eigenvalue weighted by molar-refractivity contribution is -0.112. The summed E-state index contributed by atoms with van der Waals surface area (Å²) in [6, 6.07) is 9.83. The Hall–Kier alpha value is -1.70. The molecule has 0 saturated carbocycles. The number of allylic oxidation sites excluding steroid dienone is 1. The lowest BCUT2D eigenvalue weighted by Gasteiger charge is -2.05. The highest BCUT2D eigenvalue weighted by atomic mass is 16.1. The second-order valence-electron chi connectivity index (χ2n) is 3.06. The molecule has 0 bridgehead atoms. The van der Waals surface area contributed by atoms with Crippen LogP contribution in [0.3, 0.4) is 0 Å². The van der Waals surface area contributed by atoms with Crippen molar-refractivity contribution >= 4 is 12.0 Å². The van der Waals surface area contributed by atoms with E-state index in [-0.39, 0.29) is 5.78 Å². The summed E-state index contributed by atoms with van der Waals surface area (Å²) in [5, 5.41) is 0. The first-order valence-corrected chi connectivity index (χ1v) is 4.43. The SMILES string of the molecule is O=C1[CH]C=N[C]=C1Cc1ccccc1. The molecule has 1 aliphatic heterocycles. The van der Waals surface area contributed by atoms with Gasteiger partial charge in [-0.05, 0) is 5.56 Å². The van der Waals surface area contributed by atoms with Crippen LogP contribution in [0.2, 0.25) is 0 Å². The highest BCUT2D eigenvalue weighted by Crippen LogP contribution is 2.11. The summed E-state index contributed by atoms with van der Waals surface area (Å²) >= 11 is 0. The smallest absolute Gasteiger partial charge is 0.170 e. The molecule has 0 aromatic heterocycles. The van der Waals surface area contributed by atoms with Crippen molar-refractivity contribution < 1.29 is 4.79 Å². The van der Waals surface area contributed by atoms with Gasteiger partial charge < -0.3 is 0 Å². The van der Waals surface area contributed by atoms with E-state index in [1.807, 2.05) is 30.3 Å². The lowest BCUT2D eigenvalue weighted by Crippen LogP contribution is -2.09. The zero-order valence-corrected chi connectivity index (χ0v) is 7.60. The van der Waals surface area contributed by atoms with Gasteiger partial charge in [-0.2, -0.15) is 0 Å². The first-order valence-electron chi connectivity index (χ1n) is 4.43. The molecular formula is C12H9NO. The van der Waals surface area contributed by atoms with E-state index < -0.39 is 0 Å². The van der Waals surface area contributed by atoms with Gasteiger partial charge in [0.25, 0.3) is 0 Å². The minimum absolute atomic E-state index is 0.00357. The first kappa shape index (κ1) is 8.88. The molecule has 1 aromatic carbocycles. The Morgan fingerprint density at radius 1 is 1.21 bits per heavy atom. The summed E-state index contributed by atoms with van der Waals surface area (Å²) in [5.74, 6) is 0.00357. The van der Waals surface area contributed by atoms with E-state index in [0.717, 1.165) is 5.56 Å². The molecule has 1 aromatic rings. The minimum Gasteiger partial charge on any atom is -0.294 e. The van der Waals surface area contributed by atoms with Crippen molar-refractivity contribution in [3.05, 3.63) is 54.1 Å². The van der Waals surface area contributed by atoms with Gasteiger partial charge in [-0.1, -0.05) is 30.3 Å². The highest BCUT2D eigenvalue weighted by Gasteiger charge is 2.12. The van der Waals surface area contributed by atoms with Crippen molar-refractivity contribution in [3.63, 3.8) is 0 Å². The third-order valence-electron chi connectivity index (χ3n) is 2.02. The molecule has 0 aliphatic carbocycles. The molecular weight excluding hydrogens is 174 g/mol. The molecule has 0 atom stereocenters. The molecule has 0 spiro atoms. The number of Topliss-reactive ketones (excluding diaryl/α,β-unsaturated/α-hetero) is 1. The molecule has 14 heavy (non-hydrogen) atoms. The average molecular weight is 183 g/mol. The number of benzene rings is 1. The minimum atomic E-state index is 0.00357. The molecule has 0 N–H and O–H groups in total. The van der Waals surface area contributed by atoms with Crippen molar-refractivity contribution in [2.45, 2.75) is 6.42 Å². The van der Waals surface area contributed by atoms with Crippen molar-refractivity contribution in [1.82, 2.24) is 0 Å². The summed E-state index contributed by atoms with van der Waals surface area (Å²) in [7, 11) is 0. The molecule has 2 heteroatoms. The van der Waals surface area contributed by atoms with Crippen molar-refractivity contribution in [1.29, 1.82) is 0 Å². The van der Waals surface area contributed by atoms with Crippen LogP contribution in [0.25, 0.3) is 0 Å². The summed E-state index contributed by atoms with van der Waals surface area (Å²) in [6.45, 7) is 0. The summed E-state index contributed by atoms with van der Waals surface area (Å²) in [4.78, 5) is 15.2. The van der Waals surface area contributed by atoms with Gasteiger partial charge in [0.05, 0.1) is 12.6 Å². The van der Waals surface area contributed by atoms with E-state index in [0.29, 0.717) is 12.0 Å². The fraction of sp³-hybridized carbons (Fsp3) is 0.0833. The molecule has 1 aliphatic rings. The van der Waals surface area contributed by atoms with Crippen LogP contribution >= 0.6 is 0 Å². The van der Waals surface area contributed by atoms with E-state index >= 15 is 0 Å². The maximum absolute atomic E-state index is 11.4. The second kappa shape index (κ2) is 4.01. The molecule has 0 saturated heterocycles. The van der Waals surface area contributed by atoms with Crippen LogP contribution < -0.4 is 0 Å². The lowest BCUT2D eigenvalue weighted by atomic mass is 10.0. The normalized spacial score (nSPS) is 15.4. The average Bonchev–Trinajstić information content (AvgIpc) is 2.23. The van der Waals surface area contributed by atoms with Crippen molar-refractivity contribution in [3.8, 4) is 0 Å². The number of hydrogen-bond donors (Lipinski definition) is 0. The predicted molar refractivity (Wildman–Crippen MR) is 54.7 cm³/mol. The summed E-state index contributed by atoms with van der Waals surface area (Å²) in [6.07, 6.45) is 6.26. The maximum Gasteiger partial charge on any atom is 0.170 e. The third kappa shape index (κ3) is 1.96. The van der Waals surface area contributed by atoms with E-state index in [4.69, 9.17) is 0 Å². The number of carbonyl (C=O) groups excluding carboxylic acids is 1. The van der Waals surface area contributed by atoms with Crippen LogP contribution in [0.5, 0.6) is 0 Å². The highest BCUT2D eigenvalue weighted by molar-refractivity contribution is 6.13. The molecule has 1 heterocycles. The van der Waals surface area contributed by atoms with Gasteiger partial charge in [0.1, 0.15) is 0 Å². The Morgan fingerprint density at radius 3 is 2.71 bits per heavy atom. The largest absolute Gasteiger partial charge is 0.294 e. The maximum atomic E-state index is 11.4. The Bertz CT molecular complexity index is 390. The number of rotatable bonds is 2. The number of aliphatic imine (C=N–C) groups is 1. The van der Waals surface area contributed by atoms with E-state index in [2.05, 4.69) is 11.2 Å². The quantitative estimate of drug-likeness (QED) is 0.687. The first-order chi connectivity index (χ1) is 6.86. The van der Waals surface area contributed by atoms with Crippen LogP contribution in [0.15, 0.2) is 40.9 Å². The molecule has 0 amide bonds. The van der Waals surface area contributed by atoms with Gasteiger partial charge in [-0.25, -0.2) is 0 Å². The van der Waals surface area contributed by atoms with Crippen molar-refractivity contribution in [2.24, 2.45) is 4.99 Å². The molecule has 0 fully saturated rings. The Kier molecular flexibility index (Phi) is 2.54. The van der Waals surface area contributed by atoms with Crippen molar-refractivity contribution in [2.75, 3.05) is 0 Å². The van der Waals surface area contributed by atoms with Gasteiger partial charge in [0.15, 0.2) is 5.78 Å². The summed E-state index contributed by atoms with van der Waals surface area (Å²) < 4.78 is 0. The van der Waals surface area contributed by atoms with Crippen LogP contribution in [-0.4, -0.2) is 12.0 Å². The van der Waals surface area contributed by atoms with E-state index in [1.165, 1.54) is 12.6 Å². The number of hydrogen-bond acceptors (Lipinski definition) is 2. The molecule has 0 unspecified atom stereocenters. The van der Waals surface area contributed by atoms with Crippen LogP contribution in [0, 0.1) is 12.6 Å². The summed E-state index contributed by atoms with van der Waals surface area (Å²) in [5.41, 5.74) is 1.73. The van der Waals surface area contributed by atoms with E-state index in [1.54, 1.807) is 0 Å². The van der Waals surface area contributed by atoms with Gasteiger partial charge in [-0.3, -0.25) is 9.79 Å². The Balaban J connectivity index is 2.15. The molecule has 2 rings (SSSR count). The molecule has 68 valence electrons. The number of nitrogens with zero attached hydrogens (tertiary/aromatic N) is 1. The van der Waals surface area contributed by atoms with Gasteiger partial charge >= 0.3 is 0 Å². The predicted octanol–water partition coefficient (Wildman–Crippen LogP) is 1.77. The van der Waals surface area contributed by atoms with Crippen LogP contribution in [0.4, 0.5) is 0 Å². The molecule has 2 nitrogen and oxygen atoms in total. The monoisotopic (exact) mass is 183 g/mol. The van der Waals surface area contributed by atoms with Gasteiger partial charge in [-0.15, -0.1) is 0 Å².